The maximum atomic E-state index is 4.66. The van der Waals surface area contributed by atoms with Crippen molar-refractivity contribution in [3.8, 4) is 0 Å². The molecule has 77 valence electrons. The third-order valence-corrected chi connectivity index (χ3v) is 2.11. The summed E-state index contributed by atoms with van der Waals surface area (Å²) in [7, 11) is 3.30. The van der Waals surface area contributed by atoms with Gasteiger partial charge in [-0.25, -0.2) is 0 Å². The first-order valence-corrected chi connectivity index (χ1v) is 5.43. The number of hydrogen-bond acceptors (Lipinski definition) is 1. The van der Waals surface area contributed by atoms with Crippen molar-refractivity contribution in [3.05, 3.63) is 19.3 Å². The molecule has 0 aromatic carbocycles. The van der Waals surface area contributed by atoms with E-state index in [1.165, 1.54) is 44.9 Å². The van der Waals surface area contributed by atoms with Crippen LogP contribution in [0.2, 0.25) is 0 Å². The van der Waals surface area contributed by atoms with Crippen LogP contribution in [0.3, 0.4) is 0 Å². The summed E-state index contributed by atoms with van der Waals surface area (Å²) in [6.07, 6.45) is 13.6. The van der Waals surface area contributed by atoms with Crippen LogP contribution in [0.25, 0.3) is 0 Å². The normalized spacial score (nSPS) is 11.2. The molecule has 0 unspecified atom stereocenters. The molecule has 0 aromatic rings. The smallest absolute Gasteiger partial charge is 0.0704 e. The maximum absolute atomic E-state index is 4.66. The minimum atomic E-state index is 0.649. The lowest BCUT2D eigenvalue weighted by molar-refractivity contribution is 0.281. The Morgan fingerprint density at radius 2 is 1.69 bits per heavy atom. The van der Waals surface area contributed by atoms with Crippen molar-refractivity contribution in [1.82, 2.24) is 0 Å². The van der Waals surface area contributed by atoms with Crippen molar-refractivity contribution in [3.63, 3.8) is 0 Å². The van der Waals surface area contributed by atoms with Crippen molar-refractivity contribution >= 4 is 0 Å². The molecule has 0 bridgehead atoms. The summed E-state index contributed by atoms with van der Waals surface area (Å²) in [4.78, 5) is 0. The highest BCUT2D eigenvalue weighted by Gasteiger charge is 1.87. The highest BCUT2D eigenvalue weighted by molar-refractivity contribution is 4.81. The fourth-order valence-electron chi connectivity index (χ4n) is 1.30. The Bertz CT molecular complexity index is 108. The quantitative estimate of drug-likeness (QED) is 0.386. The van der Waals surface area contributed by atoms with Gasteiger partial charge in [0.1, 0.15) is 0 Å². The van der Waals surface area contributed by atoms with E-state index in [0.717, 1.165) is 0 Å². The number of allylic oxidation sites excluding steroid dienone is 1. The number of unbranched alkanes of at least 4 members (excludes halogenated alkanes) is 6. The Labute approximate surface area is 83.2 Å². The monoisotopic (exact) mass is 183 g/mol. The van der Waals surface area contributed by atoms with Crippen LogP contribution in [0.5, 0.6) is 0 Å². The van der Waals surface area contributed by atoms with Crippen LogP contribution in [-0.4, -0.2) is 6.61 Å². The molecule has 0 spiro atoms. The summed E-state index contributed by atoms with van der Waals surface area (Å²) in [6.45, 7) is 2.90. The van der Waals surface area contributed by atoms with Gasteiger partial charge in [-0.05, 0) is 12.8 Å². The summed E-state index contributed by atoms with van der Waals surface area (Å²) in [5.41, 5.74) is 0. The van der Waals surface area contributed by atoms with Crippen LogP contribution in [0, 0.1) is 7.11 Å². The predicted octanol–water partition coefficient (Wildman–Crippen LogP) is 4.10. The van der Waals surface area contributed by atoms with E-state index in [2.05, 4.69) is 24.8 Å². The molecule has 0 heterocycles. The predicted molar refractivity (Wildman–Crippen MR) is 58.4 cm³/mol. The Kier molecular flexibility index (Phi) is 11.4. The molecular formula is C12H23O. The molecule has 0 aromatic heterocycles. The van der Waals surface area contributed by atoms with Gasteiger partial charge in [0, 0.05) is 0 Å². The lowest BCUT2D eigenvalue weighted by atomic mass is 10.1. The minimum Gasteiger partial charge on any atom is -0.375 e. The summed E-state index contributed by atoms with van der Waals surface area (Å²) in [5.74, 6) is 0. The fraction of sp³-hybridized carbons (Fsp3) is 0.750. The van der Waals surface area contributed by atoms with Crippen molar-refractivity contribution in [1.29, 1.82) is 0 Å². The van der Waals surface area contributed by atoms with Crippen LogP contribution in [0.1, 0.15) is 51.9 Å². The highest BCUT2D eigenvalue weighted by Crippen LogP contribution is 2.06. The van der Waals surface area contributed by atoms with Crippen molar-refractivity contribution in [2.45, 2.75) is 51.9 Å². The Hall–Kier alpha value is -0.300. The molecule has 1 heteroatoms. The first-order chi connectivity index (χ1) is 6.41. The third kappa shape index (κ3) is 11.7. The minimum absolute atomic E-state index is 0.649. The van der Waals surface area contributed by atoms with Gasteiger partial charge in [0.05, 0.1) is 13.7 Å². The average molecular weight is 183 g/mol. The Morgan fingerprint density at radius 3 is 2.38 bits per heavy atom. The molecule has 13 heavy (non-hydrogen) atoms. The van der Waals surface area contributed by atoms with Gasteiger partial charge in [-0.2, -0.15) is 0 Å². The van der Waals surface area contributed by atoms with Gasteiger partial charge in [0.2, 0.25) is 0 Å². The van der Waals surface area contributed by atoms with Gasteiger partial charge in [-0.1, -0.05) is 51.2 Å². The first-order valence-electron chi connectivity index (χ1n) is 5.43. The SMILES string of the molecule is [CH2]OC/C=C/CCCCCCCC. The van der Waals surface area contributed by atoms with Crippen molar-refractivity contribution < 1.29 is 4.74 Å². The van der Waals surface area contributed by atoms with Gasteiger partial charge in [0.15, 0.2) is 0 Å². The molecular weight excluding hydrogens is 160 g/mol. The molecule has 0 aliphatic carbocycles. The van der Waals surface area contributed by atoms with Crippen LogP contribution in [0.15, 0.2) is 12.2 Å². The molecule has 0 amide bonds. The van der Waals surface area contributed by atoms with E-state index >= 15 is 0 Å². The van der Waals surface area contributed by atoms with E-state index in [0.29, 0.717) is 6.61 Å². The van der Waals surface area contributed by atoms with E-state index in [-0.39, 0.29) is 0 Å². The standard InChI is InChI=1S/C12H23O/c1-3-4-5-6-7-8-9-10-11-12-13-2/h10-11H,2-9,12H2,1H3/b11-10+. The molecule has 0 atom stereocenters. The second-order valence-corrected chi connectivity index (χ2v) is 3.40. The van der Waals surface area contributed by atoms with Crippen molar-refractivity contribution in [2.75, 3.05) is 6.61 Å². The lowest BCUT2D eigenvalue weighted by Crippen LogP contribution is -1.79. The molecule has 0 fully saturated rings. The van der Waals surface area contributed by atoms with Gasteiger partial charge < -0.3 is 4.74 Å². The Morgan fingerprint density at radius 1 is 1.00 bits per heavy atom. The van der Waals surface area contributed by atoms with Crippen LogP contribution < -0.4 is 0 Å². The van der Waals surface area contributed by atoms with Gasteiger partial charge >= 0.3 is 0 Å². The molecule has 0 saturated heterocycles. The lowest BCUT2D eigenvalue weighted by Gasteiger charge is -1.97. The van der Waals surface area contributed by atoms with Crippen molar-refractivity contribution in [2.24, 2.45) is 0 Å². The largest absolute Gasteiger partial charge is 0.375 e. The summed E-state index contributed by atoms with van der Waals surface area (Å²) < 4.78 is 4.66. The second-order valence-electron chi connectivity index (χ2n) is 3.40. The number of hydrogen-bond donors (Lipinski definition) is 0. The zero-order valence-corrected chi connectivity index (χ0v) is 8.93. The topological polar surface area (TPSA) is 9.23 Å². The van der Waals surface area contributed by atoms with E-state index in [1.54, 1.807) is 0 Å². The van der Waals surface area contributed by atoms with E-state index < -0.39 is 0 Å². The number of ether oxygens (including phenoxy) is 1. The Balaban J connectivity index is 2.91. The van der Waals surface area contributed by atoms with Gasteiger partial charge in [-0.15, -0.1) is 0 Å². The van der Waals surface area contributed by atoms with Crippen LogP contribution in [-0.2, 0) is 4.74 Å². The highest BCUT2D eigenvalue weighted by atomic mass is 16.5. The van der Waals surface area contributed by atoms with Gasteiger partial charge in [0.25, 0.3) is 0 Å². The summed E-state index contributed by atoms with van der Waals surface area (Å²) in [6, 6.07) is 0. The molecule has 0 aliphatic heterocycles. The molecule has 0 saturated carbocycles. The molecule has 1 nitrogen and oxygen atoms in total. The third-order valence-electron chi connectivity index (χ3n) is 2.11. The van der Waals surface area contributed by atoms with Crippen LogP contribution in [0.4, 0.5) is 0 Å². The van der Waals surface area contributed by atoms with Gasteiger partial charge in [-0.3, -0.25) is 0 Å². The molecule has 0 aliphatic rings. The second kappa shape index (κ2) is 11.7. The maximum Gasteiger partial charge on any atom is 0.0704 e. The van der Waals surface area contributed by atoms with E-state index in [1.807, 2.05) is 6.08 Å². The number of rotatable bonds is 9. The summed E-state index contributed by atoms with van der Waals surface area (Å²) >= 11 is 0. The summed E-state index contributed by atoms with van der Waals surface area (Å²) in [5, 5.41) is 0. The van der Waals surface area contributed by atoms with E-state index in [9.17, 15) is 0 Å². The van der Waals surface area contributed by atoms with E-state index in [4.69, 9.17) is 0 Å². The molecule has 1 radical (unpaired) electrons. The average Bonchev–Trinajstić information content (AvgIpc) is 2.16. The zero-order valence-electron chi connectivity index (χ0n) is 8.93. The fourth-order valence-corrected chi connectivity index (χ4v) is 1.30. The first kappa shape index (κ1) is 12.7. The molecule has 0 rings (SSSR count). The zero-order chi connectivity index (χ0) is 9.78. The molecule has 0 N–H and O–H groups in total. The van der Waals surface area contributed by atoms with Crippen LogP contribution >= 0.6 is 0 Å².